The Bertz CT molecular complexity index is 261. The van der Waals surface area contributed by atoms with Crippen LogP contribution in [0.4, 0.5) is 5.13 Å². The number of aromatic nitrogens is 2. The molecule has 1 aromatic rings. The van der Waals surface area contributed by atoms with Gasteiger partial charge in [-0.3, -0.25) is 0 Å². The first-order valence-corrected chi connectivity index (χ1v) is 5.31. The Morgan fingerprint density at radius 1 is 1.62 bits per heavy atom. The van der Waals surface area contributed by atoms with E-state index in [9.17, 15) is 0 Å². The van der Waals surface area contributed by atoms with Crippen molar-refractivity contribution >= 4 is 16.7 Å². The van der Waals surface area contributed by atoms with Crippen molar-refractivity contribution in [1.29, 1.82) is 0 Å². The predicted molar refractivity (Wildman–Crippen MR) is 54.2 cm³/mol. The maximum atomic E-state index is 4.23. The first-order valence-electron chi connectivity index (χ1n) is 4.54. The Morgan fingerprint density at radius 2 is 2.46 bits per heavy atom. The van der Waals surface area contributed by atoms with Crippen LogP contribution in [0, 0.1) is 0 Å². The normalized spacial score (nSPS) is 29.2. The van der Waals surface area contributed by atoms with E-state index in [0.29, 0.717) is 12.1 Å². The zero-order valence-corrected chi connectivity index (χ0v) is 8.71. The molecule has 1 fully saturated rings. The van der Waals surface area contributed by atoms with E-state index in [4.69, 9.17) is 0 Å². The highest BCUT2D eigenvalue weighted by molar-refractivity contribution is 7.09. The first kappa shape index (κ1) is 8.90. The summed E-state index contributed by atoms with van der Waals surface area (Å²) >= 11 is 1.47. The number of piperazine rings is 1. The number of anilines is 1. The van der Waals surface area contributed by atoms with E-state index < -0.39 is 0 Å². The lowest BCUT2D eigenvalue weighted by Crippen LogP contribution is -2.54. The van der Waals surface area contributed by atoms with Gasteiger partial charge in [0.25, 0.3) is 0 Å². The minimum Gasteiger partial charge on any atom is -0.341 e. The fourth-order valence-corrected chi connectivity index (χ4v) is 2.22. The number of rotatable bonds is 1. The van der Waals surface area contributed by atoms with Gasteiger partial charge in [-0.25, -0.2) is 4.98 Å². The Labute approximate surface area is 82.1 Å². The summed E-state index contributed by atoms with van der Waals surface area (Å²) in [5.41, 5.74) is 0. The number of hydrogen-bond acceptors (Lipinski definition) is 5. The van der Waals surface area contributed by atoms with Gasteiger partial charge in [0.2, 0.25) is 5.13 Å². The summed E-state index contributed by atoms with van der Waals surface area (Å²) in [4.78, 5) is 6.55. The van der Waals surface area contributed by atoms with Crippen LogP contribution in [0.2, 0.25) is 0 Å². The molecule has 2 unspecified atom stereocenters. The third kappa shape index (κ3) is 1.81. The molecule has 1 saturated heterocycles. The smallest absolute Gasteiger partial charge is 0.205 e. The van der Waals surface area contributed by atoms with E-state index in [1.54, 1.807) is 6.33 Å². The quantitative estimate of drug-likeness (QED) is 0.722. The largest absolute Gasteiger partial charge is 0.341 e. The molecule has 5 heteroatoms. The molecule has 0 aliphatic carbocycles. The van der Waals surface area contributed by atoms with Crippen LogP contribution >= 0.6 is 11.5 Å². The van der Waals surface area contributed by atoms with Crippen LogP contribution in [0.5, 0.6) is 0 Å². The van der Waals surface area contributed by atoms with Crippen molar-refractivity contribution in [1.82, 2.24) is 14.7 Å². The van der Waals surface area contributed by atoms with Crippen LogP contribution in [0.15, 0.2) is 6.33 Å². The van der Waals surface area contributed by atoms with Gasteiger partial charge < -0.3 is 10.2 Å². The fraction of sp³-hybridized carbons (Fsp3) is 0.750. The van der Waals surface area contributed by atoms with Crippen molar-refractivity contribution in [2.75, 3.05) is 18.0 Å². The van der Waals surface area contributed by atoms with Gasteiger partial charge in [0.15, 0.2) is 0 Å². The Kier molecular flexibility index (Phi) is 2.46. The van der Waals surface area contributed by atoms with Crippen LogP contribution in [0.25, 0.3) is 0 Å². The van der Waals surface area contributed by atoms with Crippen LogP contribution in [0.1, 0.15) is 13.8 Å². The molecule has 2 rings (SSSR count). The average Bonchev–Trinajstić information content (AvgIpc) is 2.61. The lowest BCUT2D eigenvalue weighted by molar-refractivity contribution is 0.425. The van der Waals surface area contributed by atoms with Gasteiger partial charge in [-0.05, 0) is 13.8 Å². The SMILES string of the molecule is CC1CN(c2ncns2)C(C)CN1. The molecule has 1 aliphatic rings. The lowest BCUT2D eigenvalue weighted by Gasteiger charge is -2.37. The van der Waals surface area contributed by atoms with Crippen molar-refractivity contribution < 1.29 is 0 Å². The van der Waals surface area contributed by atoms with Gasteiger partial charge in [0.1, 0.15) is 6.33 Å². The third-order valence-corrected chi connectivity index (χ3v) is 3.06. The Morgan fingerprint density at radius 3 is 3.15 bits per heavy atom. The Balaban J connectivity index is 2.12. The summed E-state index contributed by atoms with van der Waals surface area (Å²) in [6.07, 6.45) is 1.62. The zero-order chi connectivity index (χ0) is 9.26. The van der Waals surface area contributed by atoms with E-state index in [2.05, 4.69) is 33.4 Å². The standard InChI is InChI=1S/C8H14N4S/c1-6-4-12(7(2)3-9-6)8-10-5-11-13-8/h5-7,9H,3-4H2,1-2H3. The maximum Gasteiger partial charge on any atom is 0.205 e. The molecule has 1 aromatic heterocycles. The van der Waals surface area contributed by atoms with Gasteiger partial charge in [-0.15, -0.1) is 0 Å². The second kappa shape index (κ2) is 3.59. The van der Waals surface area contributed by atoms with Crippen molar-refractivity contribution in [3.8, 4) is 0 Å². The average molecular weight is 198 g/mol. The molecule has 72 valence electrons. The third-order valence-electron chi connectivity index (χ3n) is 2.36. The summed E-state index contributed by atoms with van der Waals surface area (Å²) in [5.74, 6) is 0. The predicted octanol–water partition coefficient (Wildman–Crippen LogP) is 0.725. The number of nitrogens with one attached hydrogen (secondary N) is 1. The fourth-order valence-electron chi connectivity index (χ4n) is 1.58. The molecule has 1 aliphatic heterocycles. The van der Waals surface area contributed by atoms with Crippen molar-refractivity contribution in [2.24, 2.45) is 0 Å². The first-order chi connectivity index (χ1) is 6.27. The topological polar surface area (TPSA) is 41.1 Å². The monoisotopic (exact) mass is 198 g/mol. The number of hydrogen-bond donors (Lipinski definition) is 1. The molecule has 2 heterocycles. The van der Waals surface area contributed by atoms with E-state index in [-0.39, 0.29) is 0 Å². The van der Waals surface area contributed by atoms with Crippen LogP contribution in [0.3, 0.4) is 0 Å². The van der Waals surface area contributed by atoms with Gasteiger partial charge in [0.05, 0.1) is 0 Å². The molecule has 4 nitrogen and oxygen atoms in total. The molecule has 0 radical (unpaired) electrons. The lowest BCUT2D eigenvalue weighted by atomic mass is 10.1. The molecule has 1 N–H and O–H groups in total. The highest BCUT2D eigenvalue weighted by Gasteiger charge is 2.24. The molecular formula is C8H14N4S. The van der Waals surface area contributed by atoms with Crippen molar-refractivity contribution in [2.45, 2.75) is 25.9 Å². The maximum absolute atomic E-state index is 4.23. The summed E-state index contributed by atoms with van der Waals surface area (Å²) in [5, 5.41) is 4.48. The second-order valence-electron chi connectivity index (χ2n) is 3.53. The minimum absolute atomic E-state index is 0.518. The summed E-state index contributed by atoms with van der Waals surface area (Å²) in [6, 6.07) is 1.06. The number of nitrogens with zero attached hydrogens (tertiary/aromatic N) is 3. The summed E-state index contributed by atoms with van der Waals surface area (Å²) < 4.78 is 4.03. The molecule has 0 aromatic carbocycles. The van der Waals surface area contributed by atoms with E-state index in [1.807, 2.05) is 0 Å². The highest BCUT2D eigenvalue weighted by Crippen LogP contribution is 2.19. The van der Waals surface area contributed by atoms with Crippen LogP contribution in [-0.4, -0.2) is 34.5 Å². The summed E-state index contributed by atoms with van der Waals surface area (Å²) in [6.45, 7) is 6.46. The molecule has 0 bridgehead atoms. The molecule has 2 atom stereocenters. The van der Waals surface area contributed by atoms with E-state index in [1.165, 1.54) is 11.5 Å². The van der Waals surface area contributed by atoms with Crippen LogP contribution < -0.4 is 10.2 Å². The van der Waals surface area contributed by atoms with Crippen molar-refractivity contribution in [3.05, 3.63) is 6.33 Å². The van der Waals surface area contributed by atoms with E-state index >= 15 is 0 Å². The summed E-state index contributed by atoms with van der Waals surface area (Å²) in [7, 11) is 0. The van der Waals surface area contributed by atoms with Crippen LogP contribution in [-0.2, 0) is 0 Å². The van der Waals surface area contributed by atoms with Gasteiger partial charge in [-0.1, -0.05) is 0 Å². The molecule has 13 heavy (non-hydrogen) atoms. The Hall–Kier alpha value is -0.680. The molecule has 0 amide bonds. The molecule has 0 spiro atoms. The van der Waals surface area contributed by atoms with Crippen molar-refractivity contribution in [3.63, 3.8) is 0 Å². The molecular weight excluding hydrogens is 184 g/mol. The zero-order valence-electron chi connectivity index (χ0n) is 7.90. The minimum atomic E-state index is 0.518. The van der Waals surface area contributed by atoms with E-state index in [0.717, 1.165) is 18.2 Å². The van der Waals surface area contributed by atoms with Gasteiger partial charge >= 0.3 is 0 Å². The molecule has 0 saturated carbocycles. The van der Waals surface area contributed by atoms with Gasteiger partial charge in [-0.2, -0.15) is 4.37 Å². The highest BCUT2D eigenvalue weighted by atomic mass is 32.1. The second-order valence-corrected chi connectivity index (χ2v) is 4.29. The van der Waals surface area contributed by atoms with Gasteiger partial charge in [0, 0.05) is 36.7 Å².